The van der Waals surface area contributed by atoms with Gasteiger partial charge in [-0.3, -0.25) is 4.79 Å². The molecule has 4 N–H and O–H groups in total. The third-order valence-corrected chi connectivity index (χ3v) is 5.12. The summed E-state index contributed by atoms with van der Waals surface area (Å²) in [5.41, 5.74) is 15.9. The predicted molar refractivity (Wildman–Crippen MR) is 129 cm³/mol. The highest BCUT2D eigenvalue weighted by atomic mass is 16.5. The minimum Gasteiger partial charge on any atom is -0.491 e. The molecule has 0 heterocycles. The molecule has 0 radical (unpaired) electrons. The molecule has 0 aromatic heterocycles. The van der Waals surface area contributed by atoms with E-state index in [-0.39, 0.29) is 5.78 Å². The van der Waals surface area contributed by atoms with Gasteiger partial charge in [-0.2, -0.15) is 0 Å². The van der Waals surface area contributed by atoms with E-state index in [2.05, 4.69) is 24.3 Å². The third kappa shape index (κ3) is 7.34. The Bertz CT molecular complexity index is 996. The van der Waals surface area contributed by atoms with Gasteiger partial charge in [0, 0.05) is 11.3 Å². The van der Waals surface area contributed by atoms with Gasteiger partial charge >= 0.3 is 0 Å². The maximum absolute atomic E-state index is 12.1. The monoisotopic (exact) mass is 414 g/mol. The summed E-state index contributed by atoms with van der Waals surface area (Å²) in [4.78, 5) is 12.1. The second-order valence-corrected chi connectivity index (χ2v) is 7.62. The second-order valence-electron chi connectivity index (χ2n) is 7.62. The Balaban J connectivity index is 1.32. The number of hydrogen-bond acceptors (Lipinski definition) is 4. The van der Waals surface area contributed by atoms with E-state index in [0.29, 0.717) is 29.3 Å². The molecule has 3 aromatic carbocycles. The zero-order valence-corrected chi connectivity index (χ0v) is 17.8. The Hall–Kier alpha value is -3.53. The molecule has 0 atom stereocenters. The maximum atomic E-state index is 12.1. The highest BCUT2D eigenvalue weighted by Crippen LogP contribution is 2.23. The lowest BCUT2D eigenvalue weighted by molar-refractivity contribution is 0.104. The first-order valence-corrected chi connectivity index (χ1v) is 10.8. The topological polar surface area (TPSA) is 78.3 Å². The van der Waals surface area contributed by atoms with Crippen molar-refractivity contribution >= 4 is 23.2 Å². The third-order valence-electron chi connectivity index (χ3n) is 5.12. The number of rotatable bonds is 11. The average Bonchev–Trinajstić information content (AvgIpc) is 2.79. The van der Waals surface area contributed by atoms with Crippen LogP contribution in [0.25, 0.3) is 6.08 Å². The summed E-state index contributed by atoms with van der Waals surface area (Å²) in [6.45, 7) is 0.664. The van der Waals surface area contributed by atoms with Gasteiger partial charge in [0.05, 0.1) is 12.3 Å². The molecular formula is C27H30N2O2. The molecule has 0 saturated carbocycles. The van der Waals surface area contributed by atoms with Crippen LogP contribution in [0.5, 0.6) is 5.75 Å². The summed E-state index contributed by atoms with van der Waals surface area (Å²) in [7, 11) is 0. The zero-order chi connectivity index (χ0) is 21.9. The summed E-state index contributed by atoms with van der Waals surface area (Å²) in [5.74, 6) is 0.724. The van der Waals surface area contributed by atoms with Crippen LogP contribution in [0.4, 0.5) is 11.4 Å². The molecule has 0 saturated heterocycles. The molecule has 4 nitrogen and oxygen atoms in total. The molecule has 3 rings (SSSR count). The first-order chi connectivity index (χ1) is 15.1. The summed E-state index contributed by atoms with van der Waals surface area (Å²) >= 11 is 0. The van der Waals surface area contributed by atoms with Crippen molar-refractivity contribution in [3.05, 3.63) is 95.6 Å². The van der Waals surface area contributed by atoms with Gasteiger partial charge in [-0.15, -0.1) is 0 Å². The molecule has 3 aromatic rings. The number of benzene rings is 3. The summed E-state index contributed by atoms with van der Waals surface area (Å²) < 4.78 is 5.73. The Morgan fingerprint density at radius 2 is 1.58 bits per heavy atom. The van der Waals surface area contributed by atoms with E-state index in [4.69, 9.17) is 16.2 Å². The number of ketones is 1. The lowest BCUT2D eigenvalue weighted by Crippen LogP contribution is -2.01. The van der Waals surface area contributed by atoms with Crippen LogP contribution < -0.4 is 16.2 Å². The van der Waals surface area contributed by atoms with Crippen LogP contribution in [0.3, 0.4) is 0 Å². The standard InChI is InChI=1S/C27H30N2O2/c28-24-16-18-27(25(29)20-24)31-19-7-2-1-4-8-21-11-13-22(14-12-21)15-17-26(30)23-9-5-3-6-10-23/h3,5-6,9-18,20H,1-2,4,7-8,19,28-29H2/b17-15+. The predicted octanol–water partition coefficient (Wildman–Crippen LogP) is 5.93. The quantitative estimate of drug-likeness (QED) is 0.176. The first kappa shape index (κ1) is 22.2. The fourth-order valence-corrected chi connectivity index (χ4v) is 3.33. The van der Waals surface area contributed by atoms with Crippen molar-refractivity contribution in [1.82, 2.24) is 0 Å². The summed E-state index contributed by atoms with van der Waals surface area (Å²) in [6.07, 6.45) is 8.98. The van der Waals surface area contributed by atoms with Crippen LogP contribution in [0.15, 0.2) is 78.9 Å². The fraction of sp³-hybridized carbons (Fsp3) is 0.222. The molecule has 31 heavy (non-hydrogen) atoms. The van der Waals surface area contributed by atoms with Gasteiger partial charge < -0.3 is 16.2 Å². The Kier molecular flexibility index (Phi) is 8.29. The number of carbonyl (C=O) groups excluding carboxylic acids is 1. The van der Waals surface area contributed by atoms with Crippen molar-refractivity contribution in [2.75, 3.05) is 18.1 Å². The van der Waals surface area contributed by atoms with Crippen molar-refractivity contribution in [3.8, 4) is 5.75 Å². The van der Waals surface area contributed by atoms with Gasteiger partial charge in [-0.1, -0.05) is 73.5 Å². The van der Waals surface area contributed by atoms with Crippen molar-refractivity contribution in [3.63, 3.8) is 0 Å². The van der Waals surface area contributed by atoms with Crippen LogP contribution >= 0.6 is 0 Å². The SMILES string of the molecule is Nc1ccc(OCCCCCCc2ccc(/C=C/C(=O)c3ccccc3)cc2)c(N)c1. The van der Waals surface area contributed by atoms with Gasteiger partial charge in [0.25, 0.3) is 0 Å². The van der Waals surface area contributed by atoms with Crippen LogP contribution in [-0.4, -0.2) is 12.4 Å². The highest BCUT2D eigenvalue weighted by molar-refractivity contribution is 6.06. The number of nitrogens with two attached hydrogens (primary N) is 2. The van der Waals surface area contributed by atoms with Crippen molar-refractivity contribution in [1.29, 1.82) is 0 Å². The largest absolute Gasteiger partial charge is 0.491 e. The Morgan fingerprint density at radius 3 is 2.32 bits per heavy atom. The van der Waals surface area contributed by atoms with Crippen LogP contribution in [0, 0.1) is 0 Å². The molecule has 0 unspecified atom stereocenters. The van der Waals surface area contributed by atoms with Gasteiger partial charge in [0.15, 0.2) is 5.78 Å². The molecule has 0 fully saturated rings. The average molecular weight is 415 g/mol. The lowest BCUT2D eigenvalue weighted by atomic mass is 10.0. The number of ether oxygens (including phenoxy) is 1. The van der Waals surface area contributed by atoms with Crippen LogP contribution in [0.2, 0.25) is 0 Å². The molecule has 0 aliphatic heterocycles. The normalized spacial score (nSPS) is 11.0. The van der Waals surface area contributed by atoms with E-state index in [1.807, 2.05) is 42.5 Å². The van der Waals surface area contributed by atoms with Gasteiger partial charge in [0.1, 0.15) is 5.75 Å². The molecular weight excluding hydrogens is 384 g/mol. The van der Waals surface area contributed by atoms with E-state index in [1.54, 1.807) is 18.2 Å². The molecule has 0 amide bonds. The van der Waals surface area contributed by atoms with Gasteiger partial charge in [-0.25, -0.2) is 0 Å². The molecule has 0 bridgehead atoms. The minimum absolute atomic E-state index is 0.0211. The van der Waals surface area contributed by atoms with E-state index in [9.17, 15) is 4.79 Å². The number of carbonyl (C=O) groups is 1. The number of aryl methyl sites for hydroxylation is 1. The number of anilines is 2. The van der Waals surface area contributed by atoms with E-state index >= 15 is 0 Å². The van der Waals surface area contributed by atoms with Gasteiger partial charge in [-0.05, 0) is 54.7 Å². The summed E-state index contributed by atoms with van der Waals surface area (Å²) in [6, 6.07) is 23.1. The molecule has 0 aliphatic rings. The smallest absolute Gasteiger partial charge is 0.185 e. The zero-order valence-electron chi connectivity index (χ0n) is 17.8. The molecule has 160 valence electrons. The fourth-order valence-electron chi connectivity index (χ4n) is 3.33. The lowest BCUT2D eigenvalue weighted by Gasteiger charge is -2.09. The molecule has 4 heteroatoms. The second kappa shape index (κ2) is 11.6. The van der Waals surface area contributed by atoms with Crippen molar-refractivity contribution in [2.45, 2.75) is 32.1 Å². The minimum atomic E-state index is 0.0211. The molecule has 0 aliphatic carbocycles. The van der Waals surface area contributed by atoms with Crippen LogP contribution in [0.1, 0.15) is 47.2 Å². The van der Waals surface area contributed by atoms with Crippen molar-refractivity contribution < 1.29 is 9.53 Å². The number of hydrogen-bond donors (Lipinski definition) is 2. The summed E-state index contributed by atoms with van der Waals surface area (Å²) in [5, 5.41) is 0. The van der Waals surface area contributed by atoms with Crippen molar-refractivity contribution in [2.24, 2.45) is 0 Å². The first-order valence-electron chi connectivity index (χ1n) is 10.8. The maximum Gasteiger partial charge on any atom is 0.185 e. The Morgan fingerprint density at radius 1 is 0.839 bits per heavy atom. The number of nitrogen functional groups attached to an aromatic ring is 2. The highest BCUT2D eigenvalue weighted by Gasteiger charge is 2.01. The van der Waals surface area contributed by atoms with Crippen LogP contribution in [-0.2, 0) is 6.42 Å². The Labute approximate surface area is 184 Å². The molecule has 0 spiro atoms. The number of allylic oxidation sites excluding steroid dienone is 1. The van der Waals surface area contributed by atoms with Gasteiger partial charge in [0.2, 0.25) is 0 Å². The van der Waals surface area contributed by atoms with E-state index in [1.165, 1.54) is 5.56 Å². The van der Waals surface area contributed by atoms with E-state index in [0.717, 1.165) is 37.7 Å². The number of unbranched alkanes of at least 4 members (excludes halogenated alkanes) is 3. The van der Waals surface area contributed by atoms with E-state index < -0.39 is 0 Å².